The van der Waals surface area contributed by atoms with E-state index in [1.165, 1.54) is 0 Å². The Labute approximate surface area is 230 Å². The average molecular weight is 512 g/mol. The minimum absolute atomic E-state index is 0.429. The van der Waals surface area contributed by atoms with Crippen molar-refractivity contribution in [1.82, 2.24) is 9.55 Å². The van der Waals surface area contributed by atoms with Crippen LogP contribution in [0.1, 0.15) is 5.69 Å². The number of nitrogens with zero attached hydrogens (tertiary/aromatic N) is 3. The highest BCUT2D eigenvalue weighted by Gasteiger charge is 2.20. The smallest absolute Gasteiger partial charge is 0.148 e. The van der Waals surface area contributed by atoms with E-state index in [-0.39, 0.29) is 0 Å². The van der Waals surface area contributed by atoms with E-state index in [0.29, 0.717) is 5.69 Å². The van der Waals surface area contributed by atoms with E-state index in [1.54, 1.807) is 6.20 Å². The van der Waals surface area contributed by atoms with Crippen LogP contribution >= 0.6 is 0 Å². The van der Waals surface area contributed by atoms with Crippen LogP contribution in [0.3, 0.4) is 0 Å². The third-order valence-electron chi connectivity index (χ3n) is 7.75. The van der Waals surface area contributed by atoms with Gasteiger partial charge in [-0.25, -0.2) is 4.98 Å². The molecule has 3 heterocycles. The maximum atomic E-state index is 9.51. The second-order valence-corrected chi connectivity index (χ2v) is 9.89. The molecule has 0 aliphatic heterocycles. The summed E-state index contributed by atoms with van der Waals surface area (Å²) >= 11 is 0. The fraction of sp³-hybridized carbons (Fsp3) is 0. The Hall–Kier alpha value is -5.66. The van der Waals surface area contributed by atoms with Gasteiger partial charge in [-0.2, -0.15) is 5.26 Å². The Kier molecular flexibility index (Phi) is 4.85. The van der Waals surface area contributed by atoms with Crippen molar-refractivity contribution in [3.8, 4) is 34.0 Å². The molecule has 0 aliphatic carbocycles. The van der Waals surface area contributed by atoms with Crippen LogP contribution in [0, 0.1) is 11.3 Å². The van der Waals surface area contributed by atoms with E-state index in [1.807, 2.05) is 24.3 Å². The predicted octanol–water partition coefficient (Wildman–Crippen LogP) is 9.28. The van der Waals surface area contributed by atoms with Crippen molar-refractivity contribution in [1.29, 1.82) is 5.26 Å². The van der Waals surface area contributed by atoms with Gasteiger partial charge in [0.25, 0.3) is 0 Å². The van der Waals surface area contributed by atoms with Crippen LogP contribution in [-0.4, -0.2) is 9.55 Å². The van der Waals surface area contributed by atoms with E-state index < -0.39 is 0 Å². The van der Waals surface area contributed by atoms with Crippen LogP contribution in [0.15, 0.2) is 132 Å². The van der Waals surface area contributed by atoms with E-state index in [2.05, 4.69) is 113 Å². The molecule has 8 aromatic rings. The minimum atomic E-state index is 0.429. The molecule has 0 atom stereocenters. The second-order valence-electron chi connectivity index (χ2n) is 9.89. The third-order valence-corrected chi connectivity index (χ3v) is 7.75. The molecule has 4 heteroatoms. The van der Waals surface area contributed by atoms with Gasteiger partial charge < -0.3 is 8.98 Å². The number of pyridine rings is 1. The van der Waals surface area contributed by atoms with E-state index >= 15 is 0 Å². The molecule has 0 fully saturated rings. The SMILES string of the molecule is N#Cc1ncccc1-c1ccc(-c2ccccc2-n2c3ccccc3c3c4oc5ccccc5c4ccc32)cc1. The number of fused-ring (bicyclic) bond motifs is 7. The van der Waals surface area contributed by atoms with Gasteiger partial charge >= 0.3 is 0 Å². The average Bonchev–Trinajstić information content (AvgIpc) is 3.57. The molecule has 186 valence electrons. The number of hydrogen-bond donors (Lipinski definition) is 0. The normalized spacial score (nSPS) is 11.5. The van der Waals surface area contributed by atoms with Gasteiger partial charge in [0.1, 0.15) is 22.9 Å². The molecule has 3 aromatic heterocycles. The molecule has 0 unspecified atom stereocenters. The van der Waals surface area contributed by atoms with Gasteiger partial charge in [-0.15, -0.1) is 0 Å². The number of nitriles is 1. The number of hydrogen-bond acceptors (Lipinski definition) is 3. The largest absolute Gasteiger partial charge is 0.455 e. The molecule has 0 spiro atoms. The molecular formula is C36H21N3O. The highest BCUT2D eigenvalue weighted by molar-refractivity contribution is 6.24. The summed E-state index contributed by atoms with van der Waals surface area (Å²) in [5, 5.41) is 14.0. The maximum absolute atomic E-state index is 9.51. The van der Waals surface area contributed by atoms with E-state index in [4.69, 9.17) is 4.42 Å². The lowest BCUT2D eigenvalue weighted by Crippen LogP contribution is -1.97. The molecule has 0 N–H and O–H groups in total. The zero-order valence-corrected chi connectivity index (χ0v) is 21.4. The standard InChI is InChI=1S/C36H21N3O/c37-22-30-25(11-7-21-38-30)23-15-17-24(18-16-23)26-8-1-4-12-31(26)39-32-13-5-2-10-29(32)35-33(39)20-19-28-27-9-3-6-14-34(27)40-36(28)35/h1-21H. The van der Waals surface area contributed by atoms with E-state index in [9.17, 15) is 5.26 Å². The van der Waals surface area contributed by atoms with Crippen molar-refractivity contribution in [3.63, 3.8) is 0 Å². The second kappa shape index (κ2) is 8.69. The molecule has 5 aromatic carbocycles. The fourth-order valence-corrected chi connectivity index (χ4v) is 5.96. The van der Waals surface area contributed by atoms with Crippen molar-refractivity contribution in [2.24, 2.45) is 0 Å². The molecule has 0 radical (unpaired) electrons. The van der Waals surface area contributed by atoms with Crippen molar-refractivity contribution in [3.05, 3.63) is 133 Å². The van der Waals surface area contributed by atoms with Gasteiger partial charge in [0.05, 0.1) is 22.1 Å². The summed E-state index contributed by atoms with van der Waals surface area (Å²) in [6.45, 7) is 0. The zero-order chi connectivity index (χ0) is 26.6. The lowest BCUT2D eigenvalue weighted by atomic mass is 9.98. The first-order valence-electron chi connectivity index (χ1n) is 13.2. The van der Waals surface area contributed by atoms with E-state index in [0.717, 1.165) is 71.7 Å². The van der Waals surface area contributed by atoms with Crippen LogP contribution in [0.2, 0.25) is 0 Å². The lowest BCUT2D eigenvalue weighted by Gasteiger charge is -2.14. The van der Waals surface area contributed by atoms with Gasteiger partial charge in [-0.3, -0.25) is 0 Å². The molecular weight excluding hydrogens is 490 g/mol. The Balaban J connectivity index is 1.37. The predicted molar refractivity (Wildman–Crippen MR) is 161 cm³/mol. The van der Waals surface area contributed by atoms with Gasteiger partial charge in [0.2, 0.25) is 0 Å². The highest BCUT2D eigenvalue weighted by atomic mass is 16.3. The van der Waals surface area contributed by atoms with Crippen LogP contribution in [0.25, 0.3) is 71.7 Å². The Morgan fingerprint density at radius 2 is 1.30 bits per heavy atom. The fourth-order valence-electron chi connectivity index (χ4n) is 5.96. The first-order valence-corrected chi connectivity index (χ1v) is 13.2. The van der Waals surface area contributed by atoms with Crippen LogP contribution < -0.4 is 0 Å². The molecule has 4 nitrogen and oxygen atoms in total. The van der Waals surface area contributed by atoms with Gasteiger partial charge in [-0.1, -0.05) is 78.9 Å². The maximum Gasteiger partial charge on any atom is 0.148 e. The molecule has 8 rings (SSSR count). The van der Waals surface area contributed by atoms with Crippen LogP contribution in [0.4, 0.5) is 0 Å². The number of benzene rings is 5. The van der Waals surface area contributed by atoms with Crippen LogP contribution in [0.5, 0.6) is 0 Å². The summed E-state index contributed by atoms with van der Waals surface area (Å²) in [5.74, 6) is 0. The van der Waals surface area contributed by atoms with Gasteiger partial charge in [0, 0.05) is 33.5 Å². The molecule has 0 amide bonds. The summed E-state index contributed by atoms with van der Waals surface area (Å²) in [7, 11) is 0. The summed E-state index contributed by atoms with van der Waals surface area (Å²) in [6.07, 6.45) is 1.65. The zero-order valence-electron chi connectivity index (χ0n) is 21.4. The quantitative estimate of drug-likeness (QED) is 0.237. The molecule has 0 saturated heterocycles. The Morgan fingerprint density at radius 1 is 0.600 bits per heavy atom. The summed E-state index contributed by atoms with van der Waals surface area (Å²) in [4.78, 5) is 4.22. The number of para-hydroxylation sites is 3. The number of aromatic nitrogens is 2. The first-order chi connectivity index (χ1) is 19.8. The Bertz CT molecular complexity index is 2280. The lowest BCUT2D eigenvalue weighted by molar-refractivity contribution is 0.673. The minimum Gasteiger partial charge on any atom is -0.455 e. The topological polar surface area (TPSA) is 54.8 Å². The van der Waals surface area contributed by atoms with Gasteiger partial charge in [-0.05, 0) is 53.6 Å². The third kappa shape index (κ3) is 3.22. The number of furan rings is 1. The van der Waals surface area contributed by atoms with Crippen molar-refractivity contribution in [2.45, 2.75) is 0 Å². The molecule has 0 aliphatic rings. The molecule has 0 bridgehead atoms. The molecule has 0 saturated carbocycles. The monoisotopic (exact) mass is 511 g/mol. The van der Waals surface area contributed by atoms with Crippen molar-refractivity contribution >= 4 is 43.7 Å². The Morgan fingerprint density at radius 3 is 2.15 bits per heavy atom. The summed E-state index contributed by atoms with van der Waals surface area (Å²) in [6, 6.07) is 44.0. The van der Waals surface area contributed by atoms with Crippen molar-refractivity contribution in [2.75, 3.05) is 0 Å². The summed E-state index contributed by atoms with van der Waals surface area (Å²) in [5.41, 5.74) is 9.58. The highest BCUT2D eigenvalue weighted by Crippen LogP contribution is 2.42. The first kappa shape index (κ1) is 22.3. The molecule has 40 heavy (non-hydrogen) atoms. The van der Waals surface area contributed by atoms with Crippen LogP contribution in [-0.2, 0) is 0 Å². The number of rotatable bonds is 3. The van der Waals surface area contributed by atoms with Crippen molar-refractivity contribution < 1.29 is 4.42 Å². The summed E-state index contributed by atoms with van der Waals surface area (Å²) < 4.78 is 8.81. The van der Waals surface area contributed by atoms with Gasteiger partial charge in [0.15, 0.2) is 0 Å².